The van der Waals surface area contributed by atoms with Crippen molar-refractivity contribution in [2.24, 2.45) is 0 Å². The van der Waals surface area contributed by atoms with Gasteiger partial charge in [-0.05, 0) is 43.8 Å². The van der Waals surface area contributed by atoms with Crippen LogP contribution in [0.4, 0.5) is 0 Å². The van der Waals surface area contributed by atoms with Crippen LogP contribution in [-0.4, -0.2) is 17.7 Å². The average Bonchev–Trinajstić information content (AvgIpc) is 2.66. The van der Waals surface area contributed by atoms with E-state index in [1.165, 1.54) is 36.0 Å². The number of nitrogens with one attached hydrogen (secondary N) is 1. The molecule has 0 saturated carbocycles. The molecule has 2 heterocycles. The topological polar surface area (TPSA) is 17.0 Å². The van der Waals surface area contributed by atoms with E-state index in [1.54, 1.807) is 0 Å². The van der Waals surface area contributed by atoms with E-state index in [4.69, 9.17) is 0 Å². The third-order valence-electron chi connectivity index (χ3n) is 3.58. The van der Waals surface area contributed by atoms with Crippen LogP contribution in [0, 0.1) is 6.92 Å². The summed E-state index contributed by atoms with van der Waals surface area (Å²) in [7, 11) is 0. The highest BCUT2D eigenvalue weighted by Gasteiger charge is 2.17. The third kappa shape index (κ3) is 1.54. The fourth-order valence-corrected chi connectivity index (χ4v) is 2.85. The highest BCUT2D eigenvalue weighted by molar-refractivity contribution is 5.81. The molecule has 2 heteroatoms. The van der Waals surface area contributed by atoms with Crippen molar-refractivity contribution >= 4 is 10.9 Å². The SMILES string of the molecule is Cc1cc2ccccc2n1C1CCCNC1. The monoisotopic (exact) mass is 214 g/mol. The van der Waals surface area contributed by atoms with Crippen LogP contribution in [0.15, 0.2) is 30.3 Å². The van der Waals surface area contributed by atoms with Gasteiger partial charge in [0.1, 0.15) is 0 Å². The summed E-state index contributed by atoms with van der Waals surface area (Å²) in [6.45, 7) is 4.50. The zero-order chi connectivity index (χ0) is 11.0. The van der Waals surface area contributed by atoms with E-state index in [9.17, 15) is 0 Å². The highest BCUT2D eigenvalue weighted by atomic mass is 15.1. The van der Waals surface area contributed by atoms with Crippen molar-refractivity contribution in [3.05, 3.63) is 36.0 Å². The van der Waals surface area contributed by atoms with Crippen LogP contribution >= 0.6 is 0 Å². The van der Waals surface area contributed by atoms with Gasteiger partial charge in [-0.2, -0.15) is 0 Å². The maximum atomic E-state index is 3.49. The molecule has 1 aliphatic rings. The van der Waals surface area contributed by atoms with Crippen LogP contribution in [0.2, 0.25) is 0 Å². The lowest BCUT2D eigenvalue weighted by Crippen LogP contribution is -2.31. The first-order valence-electron chi connectivity index (χ1n) is 6.13. The van der Waals surface area contributed by atoms with Crippen LogP contribution in [0.3, 0.4) is 0 Å². The van der Waals surface area contributed by atoms with E-state index in [1.807, 2.05) is 0 Å². The smallest absolute Gasteiger partial charge is 0.0485 e. The maximum Gasteiger partial charge on any atom is 0.0485 e. The number of hydrogen-bond donors (Lipinski definition) is 1. The van der Waals surface area contributed by atoms with Gasteiger partial charge in [0.25, 0.3) is 0 Å². The van der Waals surface area contributed by atoms with Gasteiger partial charge in [0, 0.05) is 23.8 Å². The molecule has 0 bridgehead atoms. The molecule has 2 nitrogen and oxygen atoms in total. The van der Waals surface area contributed by atoms with Crippen molar-refractivity contribution in [1.82, 2.24) is 9.88 Å². The van der Waals surface area contributed by atoms with Gasteiger partial charge in [0.05, 0.1) is 0 Å². The second-order valence-electron chi connectivity index (χ2n) is 4.71. The summed E-state index contributed by atoms with van der Waals surface area (Å²) in [5.74, 6) is 0. The molecule has 0 radical (unpaired) electrons. The van der Waals surface area contributed by atoms with Gasteiger partial charge in [-0.15, -0.1) is 0 Å². The van der Waals surface area contributed by atoms with E-state index in [-0.39, 0.29) is 0 Å². The molecule has 3 rings (SSSR count). The molecule has 1 fully saturated rings. The van der Waals surface area contributed by atoms with Gasteiger partial charge < -0.3 is 9.88 Å². The third-order valence-corrected chi connectivity index (χ3v) is 3.58. The molecule has 0 aliphatic carbocycles. The summed E-state index contributed by atoms with van der Waals surface area (Å²) < 4.78 is 2.50. The Morgan fingerprint density at radius 2 is 2.19 bits per heavy atom. The molecule has 1 N–H and O–H groups in total. The van der Waals surface area contributed by atoms with E-state index in [0.717, 1.165) is 6.54 Å². The minimum Gasteiger partial charge on any atom is -0.341 e. The number of hydrogen-bond acceptors (Lipinski definition) is 1. The summed E-state index contributed by atoms with van der Waals surface area (Å²) in [4.78, 5) is 0. The summed E-state index contributed by atoms with van der Waals surface area (Å²) in [5, 5.41) is 4.86. The molecular weight excluding hydrogens is 196 g/mol. The minimum absolute atomic E-state index is 0.633. The lowest BCUT2D eigenvalue weighted by atomic mass is 10.1. The first kappa shape index (κ1) is 9.91. The number of piperidine rings is 1. The summed E-state index contributed by atoms with van der Waals surface area (Å²) in [6.07, 6.45) is 2.59. The molecule has 1 unspecified atom stereocenters. The first-order valence-corrected chi connectivity index (χ1v) is 6.13. The number of aromatic nitrogens is 1. The Morgan fingerprint density at radius 3 is 3.00 bits per heavy atom. The molecule has 1 aromatic carbocycles. The van der Waals surface area contributed by atoms with E-state index in [2.05, 4.69) is 47.1 Å². The van der Waals surface area contributed by atoms with Gasteiger partial charge in [-0.3, -0.25) is 0 Å². The van der Waals surface area contributed by atoms with Crippen LogP contribution in [0.5, 0.6) is 0 Å². The van der Waals surface area contributed by atoms with Crippen LogP contribution in [0.1, 0.15) is 24.6 Å². The van der Waals surface area contributed by atoms with Crippen LogP contribution in [-0.2, 0) is 0 Å². The predicted octanol–water partition coefficient (Wildman–Crippen LogP) is 2.87. The Morgan fingerprint density at radius 1 is 1.31 bits per heavy atom. The van der Waals surface area contributed by atoms with Gasteiger partial charge >= 0.3 is 0 Å². The molecular formula is C14H18N2. The molecule has 84 valence electrons. The van der Waals surface area contributed by atoms with Crippen molar-refractivity contribution in [3.63, 3.8) is 0 Å². The summed E-state index contributed by atoms with van der Waals surface area (Å²) >= 11 is 0. The lowest BCUT2D eigenvalue weighted by molar-refractivity contribution is 0.375. The molecule has 16 heavy (non-hydrogen) atoms. The summed E-state index contributed by atoms with van der Waals surface area (Å²) in [6, 6.07) is 11.6. The number of benzene rings is 1. The van der Waals surface area contributed by atoms with Crippen molar-refractivity contribution in [2.45, 2.75) is 25.8 Å². The number of nitrogens with zero attached hydrogens (tertiary/aromatic N) is 1. The normalized spacial score (nSPS) is 21.4. The summed E-state index contributed by atoms with van der Waals surface area (Å²) in [5.41, 5.74) is 2.77. The molecule has 2 aromatic rings. The van der Waals surface area contributed by atoms with Crippen molar-refractivity contribution < 1.29 is 0 Å². The van der Waals surface area contributed by atoms with Crippen LogP contribution < -0.4 is 5.32 Å². The largest absolute Gasteiger partial charge is 0.341 e. The number of fused-ring (bicyclic) bond motifs is 1. The zero-order valence-corrected chi connectivity index (χ0v) is 9.74. The van der Waals surface area contributed by atoms with E-state index >= 15 is 0 Å². The van der Waals surface area contributed by atoms with E-state index < -0.39 is 0 Å². The zero-order valence-electron chi connectivity index (χ0n) is 9.74. The number of rotatable bonds is 1. The average molecular weight is 214 g/mol. The van der Waals surface area contributed by atoms with Gasteiger partial charge in [-0.1, -0.05) is 18.2 Å². The molecule has 1 aromatic heterocycles. The number of para-hydroxylation sites is 1. The van der Waals surface area contributed by atoms with Crippen LogP contribution in [0.25, 0.3) is 10.9 Å². The molecule has 1 atom stereocenters. The standard InChI is InChI=1S/C14H18N2/c1-11-9-12-5-2-3-7-14(12)16(11)13-6-4-8-15-10-13/h2-3,5,7,9,13,15H,4,6,8,10H2,1H3. The molecule has 1 saturated heterocycles. The fraction of sp³-hybridized carbons (Fsp3) is 0.429. The van der Waals surface area contributed by atoms with Gasteiger partial charge in [-0.25, -0.2) is 0 Å². The Labute approximate surface area is 96.3 Å². The Kier molecular flexibility index (Phi) is 2.44. The van der Waals surface area contributed by atoms with Crippen molar-refractivity contribution in [1.29, 1.82) is 0 Å². The predicted molar refractivity (Wildman–Crippen MR) is 67.8 cm³/mol. The maximum absolute atomic E-state index is 3.49. The fourth-order valence-electron chi connectivity index (χ4n) is 2.85. The second kappa shape index (κ2) is 3.95. The second-order valence-corrected chi connectivity index (χ2v) is 4.71. The minimum atomic E-state index is 0.633. The Balaban J connectivity index is 2.10. The van der Waals surface area contributed by atoms with Crippen molar-refractivity contribution in [3.8, 4) is 0 Å². The van der Waals surface area contributed by atoms with E-state index in [0.29, 0.717) is 6.04 Å². The molecule has 0 amide bonds. The Bertz CT molecular complexity index is 492. The van der Waals surface area contributed by atoms with Gasteiger partial charge in [0.2, 0.25) is 0 Å². The van der Waals surface area contributed by atoms with Gasteiger partial charge in [0.15, 0.2) is 0 Å². The molecule has 1 aliphatic heterocycles. The highest BCUT2D eigenvalue weighted by Crippen LogP contribution is 2.27. The van der Waals surface area contributed by atoms with Crippen molar-refractivity contribution in [2.75, 3.05) is 13.1 Å². The quantitative estimate of drug-likeness (QED) is 0.772. The first-order chi connectivity index (χ1) is 7.86. The Hall–Kier alpha value is -1.28. The number of aryl methyl sites for hydroxylation is 1. The molecule has 0 spiro atoms. The lowest BCUT2D eigenvalue weighted by Gasteiger charge is -2.26.